The minimum absolute atomic E-state index is 0.0966. The van der Waals surface area contributed by atoms with Crippen molar-refractivity contribution in [2.45, 2.75) is 18.9 Å². The Bertz CT molecular complexity index is 651. The molecule has 0 aliphatic carbocycles. The molecule has 0 bridgehead atoms. The lowest BCUT2D eigenvalue weighted by molar-refractivity contribution is -0.117. The molecular formula is C14H15F2NO3S. The van der Waals surface area contributed by atoms with E-state index in [2.05, 4.69) is 5.32 Å². The number of rotatable bonds is 3. The molecule has 7 heteroatoms. The third kappa shape index (κ3) is 4.35. The van der Waals surface area contributed by atoms with E-state index < -0.39 is 33.4 Å². The third-order valence-corrected chi connectivity index (χ3v) is 5.03. The maximum absolute atomic E-state index is 13.4. The van der Waals surface area contributed by atoms with Crippen LogP contribution in [0, 0.1) is 11.6 Å². The number of halogens is 2. The number of carbonyl (C=O) groups is 1. The van der Waals surface area contributed by atoms with Gasteiger partial charge in [-0.2, -0.15) is 0 Å². The second kappa shape index (κ2) is 6.34. The first-order chi connectivity index (χ1) is 9.87. The lowest BCUT2D eigenvalue weighted by atomic mass is 10.1. The van der Waals surface area contributed by atoms with Crippen LogP contribution in [0.2, 0.25) is 0 Å². The van der Waals surface area contributed by atoms with E-state index in [1.165, 1.54) is 6.07 Å². The van der Waals surface area contributed by atoms with Crippen molar-refractivity contribution in [3.8, 4) is 0 Å². The van der Waals surface area contributed by atoms with E-state index in [1.54, 1.807) is 0 Å². The fourth-order valence-corrected chi connectivity index (χ4v) is 3.85. The van der Waals surface area contributed by atoms with Gasteiger partial charge in [-0.1, -0.05) is 6.07 Å². The van der Waals surface area contributed by atoms with Crippen LogP contribution in [0.5, 0.6) is 0 Å². The highest BCUT2D eigenvalue weighted by Crippen LogP contribution is 2.14. The Kier molecular flexibility index (Phi) is 4.72. The summed E-state index contributed by atoms with van der Waals surface area (Å²) in [5.74, 6) is -2.06. The van der Waals surface area contributed by atoms with Crippen LogP contribution in [0.3, 0.4) is 0 Å². The maximum atomic E-state index is 13.4. The molecule has 1 N–H and O–H groups in total. The topological polar surface area (TPSA) is 63.2 Å². The van der Waals surface area contributed by atoms with Gasteiger partial charge < -0.3 is 5.32 Å². The summed E-state index contributed by atoms with van der Waals surface area (Å²) in [6, 6.07) is 2.96. The van der Waals surface area contributed by atoms with Crippen LogP contribution in [0.25, 0.3) is 6.08 Å². The highest BCUT2D eigenvalue weighted by molar-refractivity contribution is 7.91. The summed E-state index contributed by atoms with van der Waals surface area (Å²) in [5.41, 5.74) is -0.302. The van der Waals surface area contributed by atoms with E-state index in [4.69, 9.17) is 0 Å². The molecule has 1 aliphatic rings. The van der Waals surface area contributed by atoms with Crippen molar-refractivity contribution in [1.29, 1.82) is 0 Å². The molecule has 1 aromatic rings. The van der Waals surface area contributed by atoms with Crippen LogP contribution in [0.15, 0.2) is 24.3 Å². The Balaban J connectivity index is 2.00. The van der Waals surface area contributed by atoms with E-state index >= 15 is 0 Å². The summed E-state index contributed by atoms with van der Waals surface area (Å²) in [6.45, 7) is 0. The molecule has 0 radical (unpaired) electrons. The molecular weight excluding hydrogens is 300 g/mol. The quantitative estimate of drug-likeness (QED) is 0.863. The highest BCUT2D eigenvalue weighted by Gasteiger charge is 2.25. The van der Waals surface area contributed by atoms with Crippen molar-refractivity contribution in [1.82, 2.24) is 5.32 Å². The number of amides is 1. The van der Waals surface area contributed by atoms with Crippen molar-refractivity contribution >= 4 is 21.8 Å². The number of benzene rings is 1. The molecule has 0 saturated carbocycles. The van der Waals surface area contributed by atoms with Gasteiger partial charge in [0, 0.05) is 17.7 Å². The van der Waals surface area contributed by atoms with Gasteiger partial charge in [0.15, 0.2) is 9.84 Å². The smallest absolute Gasteiger partial charge is 0.244 e. The summed E-state index contributed by atoms with van der Waals surface area (Å²) in [5, 5.41) is 2.53. The molecule has 1 aromatic carbocycles. The maximum Gasteiger partial charge on any atom is 0.244 e. The highest BCUT2D eigenvalue weighted by atomic mass is 32.2. The van der Waals surface area contributed by atoms with Crippen molar-refractivity contribution in [3.05, 3.63) is 41.5 Å². The monoisotopic (exact) mass is 315 g/mol. The molecule has 1 atom stereocenters. The molecule has 114 valence electrons. The first-order valence-electron chi connectivity index (χ1n) is 6.50. The van der Waals surface area contributed by atoms with Crippen molar-refractivity contribution in [2.24, 2.45) is 0 Å². The first-order valence-corrected chi connectivity index (χ1v) is 8.32. The largest absolute Gasteiger partial charge is 0.349 e. The number of carbonyl (C=O) groups excluding carboxylic acids is 1. The van der Waals surface area contributed by atoms with Gasteiger partial charge in [-0.05, 0) is 31.1 Å². The van der Waals surface area contributed by atoms with Gasteiger partial charge in [0.1, 0.15) is 11.6 Å². The van der Waals surface area contributed by atoms with Gasteiger partial charge in [0.2, 0.25) is 5.91 Å². The standard InChI is InChI=1S/C14H15F2NO3S/c15-12-4-1-5-13(16)11(12)6-7-14(18)17-10-3-2-8-21(19,20)9-10/h1,4-7,10H,2-3,8-9H2,(H,17,18)/b7-6+/t10-/m0/s1. The molecule has 0 aromatic heterocycles. The second-order valence-electron chi connectivity index (χ2n) is 4.93. The zero-order chi connectivity index (χ0) is 15.5. The zero-order valence-corrected chi connectivity index (χ0v) is 12.0. The van der Waals surface area contributed by atoms with Crippen molar-refractivity contribution < 1.29 is 22.0 Å². The van der Waals surface area contributed by atoms with E-state index in [-0.39, 0.29) is 17.1 Å². The molecule has 2 rings (SSSR count). The summed E-state index contributed by atoms with van der Waals surface area (Å²) >= 11 is 0. The Labute approximate surface area is 121 Å². The minimum Gasteiger partial charge on any atom is -0.349 e. The summed E-state index contributed by atoms with van der Waals surface area (Å²) in [4.78, 5) is 11.7. The van der Waals surface area contributed by atoms with Crippen LogP contribution in [0.4, 0.5) is 8.78 Å². The normalized spacial score (nSPS) is 21.3. The predicted molar refractivity (Wildman–Crippen MR) is 75.2 cm³/mol. The Morgan fingerprint density at radius 1 is 1.29 bits per heavy atom. The average molecular weight is 315 g/mol. The summed E-state index contributed by atoms with van der Waals surface area (Å²) in [6.07, 6.45) is 3.12. The second-order valence-corrected chi connectivity index (χ2v) is 7.16. The van der Waals surface area contributed by atoms with Crippen molar-refractivity contribution in [3.63, 3.8) is 0 Å². The fourth-order valence-electron chi connectivity index (χ4n) is 2.21. The van der Waals surface area contributed by atoms with Gasteiger partial charge in [0.25, 0.3) is 0 Å². The molecule has 0 unspecified atom stereocenters. The lowest BCUT2D eigenvalue weighted by Crippen LogP contribution is -2.42. The zero-order valence-electron chi connectivity index (χ0n) is 11.2. The molecule has 4 nitrogen and oxygen atoms in total. The van der Waals surface area contributed by atoms with E-state index in [9.17, 15) is 22.0 Å². The van der Waals surface area contributed by atoms with Crippen LogP contribution in [-0.2, 0) is 14.6 Å². The molecule has 1 saturated heterocycles. The Morgan fingerprint density at radius 3 is 2.57 bits per heavy atom. The SMILES string of the molecule is O=C(/C=C/c1c(F)cccc1F)N[C@H]1CCCS(=O)(=O)C1. The molecule has 1 amide bonds. The van der Waals surface area contributed by atoms with Crippen molar-refractivity contribution in [2.75, 3.05) is 11.5 Å². The molecule has 1 aliphatic heterocycles. The lowest BCUT2D eigenvalue weighted by Gasteiger charge is -2.22. The number of nitrogens with one attached hydrogen (secondary N) is 1. The van der Waals surface area contributed by atoms with Gasteiger partial charge >= 0.3 is 0 Å². The van der Waals surface area contributed by atoms with Crippen LogP contribution < -0.4 is 5.32 Å². The molecule has 21 heavy (non-hydrogen) atoms. The van der Waals surface area contributed by atoms with Crippen LogP contribution in [-0.4, -0.2) is 31.9 Å². The van der Waals surface area contributed by atoms with Gasteiger partial charge in [0.05, 0.1) is 11.5 Å². The van der Waals surface area contributed by atoms with Crippen LogP contribution in [0.1, 0.15) is 18.4 Å². The number of sulfone groups is 1. The number of hydrogen-bond acceptors (Lipinski definition) is 3. The minimum atomic E-state index is -3.12. The van der Waals surface area contributed by atoms with E-state index in [0.29, 0.717) is 12.8 Å². The molecule has 1 fully saturated rings. The Morgan fingerprint density at radius 2 is 1.95 bits per heavy atom. The third-order valence-electron chi connectivity index (χ3n) is 3.21. The average Bonchev–Trinajstić information content (AvgIpc) is 2.36. The Hall–Kier alpha value is -1.76. The molecule has 0 spiro atoms. The number of hydrogen-bond donors (Lipinski definition) is 1. The molecule has 1 heterocycles. The predicted octanol–water partition coefficient (Wildman–Crippen LogP) is 1.67. The van der Waals surface area contributed by atoms with E-state index in [1.807, 2.05) is 0 Å². The van der Waals surface area contributed by atoms with Gasteiger partial charge in [-0.3, -0.25) is 4.79 Å². The van der Waals surface area contributed by atoms with E-state index in [0.717, 1.165) is 24.3 Å². The van der Waals surface area contributed by atoms with Crippen LogP contribution >= 0.6 is 0 Å². The van der Waals surface area contributed by atoms with Gasteiger partial charge in [-0.25, -0.2) is 17.2 Å². The fraction of sp³-hybridized carbons (Fsp3) is 0.357. The first kappa shape index (κ1) is 15.6. The van der Waals surface area contributed by atoms with Gasteiger partial charge in [-0.15, -0.1) is 0 Å². The summed E-state index contributed by atoms with van der Waals surface area (Å²) < 4.78 is 49.6. The summed E-state index contributed by atoms with van der Waals surface area (Å²) in [7, 11) is -3.12.